The smallest absolute Gasteiger partial charge is 0.334 e. The number of ether oxygens (including phenoxy) is 1. The summed E-state index contributed by atoms with van der Waals surface area (Å²) in [7, 11) is 0. The second-order valence-corrected chi connectivity index (χ2v) is 3.36. The molecule has 0 bridgehead atoms. The summed E-state index contributed by atoms with van der Waals surface area (Å²) in [4.78, 5) is 11.3. The Balaban J connectivity index is 2.40. The van der Waals surface area contributed by atoms with Gasteiger partial charge >= 0.3 is 5.97 Å². The maximum Gasteiger partial charge on any atom is 0.334 e. The largest absolute Gasteiger partial charge is 0.462 e. The van der Waals surface area contributed by atoms with Gasteiger partial charge in [-0.3, -0.25) is 0 Å². The number of esters is 1. The summed E-state index contributed by atoms with van der Waals surface area (Å²) in [6.45, 7) is 2.50. The summed E-state index contributed by atoms with van der Waals surface area (Å²) in [5.41, 5.74) is 2.95. The molecule has 1 saturated heterocycles. The van der Waals surface area contributed by atoms with Crippen molar-refractivity contribution in [1.29, 1.82) is 0 Å². The summed E-state index contributed by atoms with van der Waals surface area (Å²) < 4.78 is 4.91. The van der Waals surface area contributed by atoms with Crippen LogP contribution in [0.25, 0.3) is 5.57 Å². The van der Waals surface area contributed by atoms with E-state index >= 15 is 0 Å². The van der Waals surface area contributed by atoms with E-state index in [9.17, 15) is 4.79 Å². The predicted octanol–water partition coefficient (Wildman–Crippen LogP) is 2.41. The van der Waals surface area contributed by atoms with Gasteiger partial charge in [0.05, 0.1) is 6.61 Å². The van der Waals surface area contributed by atoms with Crippen LogP contribution in [0, 0.1) is 0 Å². The minimum Gasteiger partial charge on any atom is -0.462 e. The topological polar surface area (TPSA) is 26.3 Å². The predicted molar refractivity (Wildman–Crippen MR) is 54.6 cm³/mol. The highest BCUT2D eigenvalue weighted by molar-refractivity contribution is 5.98. The van der Waals surface area contributed by atoms with Gasteiger partial charge in [0.1, 0.15) is 0 Å². The standard InChI is InChI=1S/C12H12O2/c1-9(10-5-3-2-4-6-10)11-7-8-14-12(11)13/h2-6H,7-8H2,1H3/b11-9+. The fourth-order valence-electron chi connectivity index (χ4n) is 1.64. The van der Waals surface area contributed by atoms with Gasteiger partial charge in [-0.15, -0.1) is 0 Å². The molecule has 0 unspecified atom stereocenters. The van der Waals surface area contributed by atoms with Crippen LogP contribution in [-0.4, -0.2) is 12.6 Å². The van der Waals surface area contributed by atoms with Crippen molar-refractivity contribution in [2.24, 2.45) is 0 Å². The van der Waals surface area contributed by atoms with Crippen LogP contribution in [0.1, 0.15) is 18.9 Å². The molecule has 2 nitrogen and oxygen atoms in total. The first-order valence-electron chi connectivity index (χ1n) is 4.71. The van der Waals surface area contributed by atoms with Crippen molar-refractivity contribution in [3.63, 3.8) is 0 Å². The minimum atomic E-state index is -0.161. The minimum absolute atomic E-state index is 0.161. The molecule has 1 aromatic rings. The molecule has 1 heterocycles. The van der Waals surface area contributed by atoms with Crippen LogP contribution in [0.15, 0.2) is 35.9 Å². The van der Waals surface area contributed by atoms with Crippen molar-refractivity contribution in [2.75, 3.05) is 6.61 Å². The molecular formula is C12H12O2. The molecule has 0 spiro atoms. The Morgan fingerprint density at radius 2 is 2.00 bits per heavy atom. The van der Waals surface area contributed by atoms with Crippen LogP contribution in [0.4, 0.5) is 0 Å². The van der Waals surface area contributed by atoms with Crippen molar-refractivity contribution in [2.45, 2.75) is 13.3 Å². The summed E-state index contributed by atoms with van der Waals surface area (Å²) in [5, 5.41) is 0. The van der Waals surface area contributed by atoms with Gasteiger partial charge in [0, 0.05) is 12.0 Å². The Morgan fingerprint density at radius 3 is 2.57 bits per heavy atom. The molecule has 0 radical (unpaired) electrons. The first-order valence-corrected chi connectivity index (χ1v) is 4.71. The molecular weight excluding hydrogens is 176 g/mol. The molecule has 1 aliphatic rings. The Morgan fingerprint density at radius 1 is 1.29 bits per heavy atom. The molecule has 72 valence electrons. The van der Waals surface area contributed by atoms with Crippen LogP contribution >= 0.6 is 0 Å². The fourth-order valence-corrected chi connectivity index (χ4v) is 1.64. The lowest BCUT2D eigenvalue weighted by molar-refractivity contribution is -0.135. The number of cyclic esters (lactones) is 1. The highest BCUT2D eigenvalue weighted by Crippen LogP contribution is 2.24. The van der Waals surface area contributed by atoms with Gasteiger partial charge < -0.3 is 4.74 Å². The van der Waals surface area contributed by atoms with Crippen LogP contribution in [0.2, 0.25) is 0 Å². The zero-order chi connectivity index (χ0) is 9.97. The lowest BCUT2D eigenvalue weighted by Crippen LogP contribution is -1.97. The maximum absolute atomic E-state index is 11.3. The zero-order valence-corrected chi connectivity index (χ0v) is 8.12. The Hall–Kier alpha value is -1.57. The third-order valence-corrected chi connectivity index (χ3v) is 2.49. The van der Waals surface area contributed by atoms with Crippen LogP contribution in [0.5, 0.6) is 0 Å². The van der Waals surface area contributed by atoms with Crippen molar-refractivity contribution in [3.05, 3.63) is 41.5 Å². The molecule has 2 heteroatoms. The second kappa shape index (κ2) is 3.66. The SMILES string of the molecule is C/C(=C1/CCOC1=O)c1ccccc1. The van der Waals surface area contributed by atoms with Gasteiger partial charge in [-0.25, -0.2) is 4.79 Å². The van der Waals surface area contributed by atoms with E-state index in [-0.39, 0.29) is 5.97 Å². The number of hydrogen-bond donors (Lipinski definition) is 0. The van der Waals surface area contributed by atoms with Gasteiger partial charge in [-0.1, -0.05) is 30.3 Å². The summed E-state index contributed by atoms with van der Waals surface area (Å²) in [5.74, 6) is -0.161. The molecule has 0 N–H and O–H groups in total. The molecule has 2 rings (SSSR count). The lowest BCUT2D eigenvalue weighted by Gasteiger charge is -2.02. The van der Waals surface area contributed by atoms with E-state index in [1.807, 2.05) is 37.3 Å². The van der Waals surface area contributed by atoms with Gasteiger partial charge in [-0.05, 0) is 18.1 Å². The number of carbonyl (C=O) groups excluding carboxylic acids is 1. The maximum atomic E-state index is 11.3. The van der Waals surface area contributed by atoms with E-state index in [0.29, 0.717) is 6.61 Å². The van der Waals surface area contributed by atoms with E-state index in [1.54, 1.807) is 0 Å². The summed E-state index contributed by atoms with van der Waals surface area (Å²) in [6, 6.07) is 9.93. The average Bonchev–Trinajstić information content (AvgIpc) is 2.65. The van der Waals surface area contributed by atoms with Gasteiger partial charge in [-0.2, -0.15) is 0 Å². The van der Waals surface area contributed by atoms with Gasteiger partial charge in [0.15, 0.2) is 0 Å². The number of rotatable bonds is 1. The van der Waals surface area contributed by atoms with E-state index in [1.165, 1.54) is 0 Å². The first-order chi connectivity index (χ1) is 6.79. The molecule has 1 aromatic carbocycles. The fraction of sp³-hybridized carbons (Fsp3) is 0.250. The van der Waals surface area contributed by atoms with E-state index in [4.69, 9.17) is 4.74 Å². The highest BCUT2D eigenvalue weighted by Gasteiger charge is 2.21. The zero-order valence-electron chi connectivity index (χ0n) is 8.12. The molecule has 0 aliphatic carbocycles. The monoisotopic (exact) mass is 188 g/mol. The second-order valence-electron chi connectivity index (χ2n) is 3.36. The number of carbonyl (C=O) groups is 1. The molecule has 0 saturated carbocycles. The van der Waals surface area contributed by atoms with Crippen molar-refractivity contribution < 1.29 is 9.53 Å². The van der Waals surface area contributed by atoms with E-state index < -0.39 is 0 Å². The Kier molecular flexibility index (Phi) is 2.35. The van der Waals surface area contributed by atoms with Crippen LogP contribution in [-0.2, 0) is 9.53 Å². The number of allylic oxidation sites excluding steroid dienone is 1. The highest BCUT2D eigenvalue weighted by atomic mass is 16.5. The third-order valence-electron chi connectivity index (χ3n) is 2.49. The lowest BCUT2D eigenvalue weighted by atomic mass is 10.0. The Bertz CT molecular complexity index is 377. The molecule has 0 aromatic heterocycles. The van der Waals surface area contributed by atoms with E-state index in [2.05, 4.69) is 0 Å². The van der Waals surface area contributed by atoms with Gasteiger partial charge in [0.25, 0.3) is 0 Å². The first kappa shape index (κ1) is 9.00. The third kappa shape index (κ3) is 1.55. The quantitative estimate of drug-likeness (QED) is 0.499. The van der Waals surface area contributed by atoms with Gasteiger partial charge in [0.2, 0.25) is 0 Å². The normalized spacial score (nSPS) is 19.4. The molecule has 0 amide bonds. The van der Waals surface area contributed by atoms with Crippen LogP contribution in [0.3, 0.4) is 0 Å². The van der Waals surface area contributed by atoms with E-state index in [0.717, 1.165) is 23.1 Å². The number of benzene rings is 1. The van der Waals surface area contributed by atoms with Crippen molar-refractivity contribution >= 4 is 11.5 Å². The summed E-state index contributed by atoms with van der Waals surface area (Å²) >= 11 is 0. The molecule has 0 atom stereocenters. The Labute approximate surface area is 83.2 Å². The van der Waals surface area contributed by atoms with Crippen LogP contribution < -0.4 is 0 Å². The van der Waals surface area contributed by atoms with Crippen molar-refractivity contribution in [1.82, 2.24) is 0 Å². The van der Waals surface area contributed by atoms with Crippen molar-refractivity contribution in [3.8, 4) is 0 Å². The molecule has 14 heavy (non-hydrogen) atoms. The molecule has 1 fully saturated rings. The number of hydrogen-bond acceptors (Lipinski definition) is 2. The average molecular weight is 188 g/mol. The molecule has 1 aliphatic heterocycles. The summed E-state index contributed by atoms with van der Waals surface area (Å²) in [6.07, 6.45) is 0.736.